The third-order valence-electron chi connectivity index (χ3n) is 4.84. The SMILES string of the molecule is Cc1ccc(-n2nnc(CC(=O)N(CC(=O)O)C3CCOCC3)c2C)cc1. The van der Waals surface area contributed by atoms with Crippen molar-refractivity contribution >= 4 is 11.9 Å². The van der Waals surface area contributed by atoms with Crippen LogP contribution < -0.4 is 0 Å². The van der Waals surface area contributed by atoms with E-state index in [0.29, 0.717) is 31.7 Å². The van der Waals surface area contributed by atoms with E-state index in [1.807, 2.05) is 38.1 Å². The van der Waals surface area contributed by atoms with Crippen molar-refractivity contribution in [3.05, 3.63) is 41.2 Å². The number of rotatable bonds is 6. The highest BCUT2D eigenvalue weighted by Crippen LogP contribution is 2.18. The van der Waals surface area contributed by atoms with Gasteiger partial charge in [0.1, 0.15) is 6.54 Å². The Labute approximate surface area is 157 Å². The number of aryl methyl sites for hydroxylation is 1. The highest BCUT2D eigenvalue weighted by atomic mass is 16.5. The Morgan fingerprint density at radius 1 is 1.22 bits per heavy atom. The van der Waals surface area contributed by atoms with Crippen LogP contribution in [0.25, 0.3) is 5.69 Å². The van der Waals surface area contributed by atoms with Crippen LogP contribution in [0.1, 0.15) is 29.8 Å². The Morgan fingerprint density at radius 3 is 2.52 bits per heavy atom. The molecule has 8 nitrogen and oxygen atoms in total. The molecule has 1 aromatic heterocycles. The summed E-state index contributed by atoms with van der Waals surface area (Å²) in [6, 6.07) is 7.75. The van der Waals surface area contributed by atoms with E-state index in [1.165, 1.54) is 4.90 Å². The van der Waals surface area contributed by atoms with Crippen LogP contribution >= 0.6 is 0 Å². The van der Waals surface area contributed by atoms with Crippen LogP contribution in [-0.4, -0.2) is 62.7 Å². The number of carboxylic acids is 1. The number of carbonyl (C=O) groups excluding carboxylic acids is 1. The van der Waals surface area contributed by atoms with E-state index in [2.05, 4.69) is 10.3 Å². The van der Waals surface area contributed by atoms with Crippen LogP contribution in [0.5, 0.6) is 0 Å². The third kappa shape index (κ3) is 4.51. The lowest BCUT2D eigenvalue weighted by atomic mass is 10.1. The molecule has 27 heavy (non-hydrogen) atoms. The number of carboxylic acid groups (broad SMARTS) is 1. The molecule has 1 aromatic carbocycles. The van der Waals surface area contributed by atoms with E-state index < -0.39 is 5.97 Å². The van der Waals surface area contributed by atoms with Gasteiger partial charge in [0.25, 0.3) is 0 Å². The monoisotopic (exact) mass is 372 g/mol. The summed E-state index contributed by atoms with van der Waals surface area (Å²) in [5, 5.41) is 17.5. The molecule has 144 valence electrons. The fourth-order valence-corrected chi connectivity index (χ4v) is 3.26. The van der Waals surface area contributed by atoms with Gasteiger partial charge in [0.2, 0.25) is 5.91 Å². The van der Waals surface area contributed by atoms with E-state index in [1.54, 1.807) is 4.68 Å². The van der Waals surface area contributed by atoms with E-state index in [0.717, 1.165) is 16.9 Å². The first kappa shape index (κ1) is 19.0. The van der Waals surface area contributed by atoms with Crippen molar-refractivity contribution in [3.8, 4) is 5.69 Å². The molecule has 1 fully saturated rings. The first-order valence-electron chi connectivity index (χ1n) is 9.03. The molecule has 0 saturated carbocycles. The van der Waals surface area contributed by atoms with E-state index in [4.69, 9.17) is 4.74 Å². The first-order valence-corrected chi connectivity index (χ1v) is 9.03. The van der Waals surface area contributed by atoms with E-state index >= 15 is 0 Å². The lowest BCUT2D eigenvalue weighted by Gasteiger charge is -2.33. The van der Waals surface area contributed by atoms with Crippen LogP contribution in [0.3, 0.4) is 0 Å². The highest BCUT2D eigenvalue weighted by Gasteiger charge is 2.28. The van der Waals surface area contributed by atoms with Gasteiger partial charge in [0.05, 0.1) is 23.5 Å². The summed E-state index contributed by atoms with van der Waals surface area (Å²) in [4.78, 5) is 25.5. The average Bonchev–Trinajstić information content (AvgIpc) is 3.01. The second-order valence-electron chi connectivity index (χ2n) is 6.80. The Kier molecular flexibility index (Phi) is 5.85. The van der Waals surface area contributed by atoms with Crippen molar-refractivity contribution in [2.24, 2.45) is 0 Å². The van der Waals surface area contributed by atoms with E-state index in [-0.39, 0.29) is 24.9 Å². The van der Waals surface area contributed by atoms with Crippen molar-refractivity contribution in [2.45, 2.75) is 39.2 Å². The zero-order valence-electron chi connectivity index (χ0n) is 15.6. The number of ether oxygens (including phenoxy) is 1. The lowest BCUT2D eigenvalue weighted by molar-refractivity contribution is -0.147. The van der Waals surface area contributed by atoms with Crippen molar-refractivity contribution in [2.75, 3.05) is 19.8 Å². The van der Waals surface area contributed by atoms with Gasteiger partial charge in [-0.25, -0.2) is 4.68 Å². The molecule has 0 radical (unpaired) electrons. The fourth-order valence-electron chi connectivity index (χ4n) is 3.26. The zero-order valence-corrected chi connectivity index (χ0v) is 15.6. The first-order chi connectivity index (χ1) is 13.0. The Bertz CT molecular complexity index is 810. The minimum absolute atomic E-state index is 0.0301. The summed E-state index contributed by atoms with van der Waals surface area (Å²) in [7, 11) is 0. The maximum absolute atomic E-state index is 12.8. The van der Waals surface area contributed by atoms with Crippen molar-refractivity contribution < 1.29 is 19.4 Å². The molecule has 1 saturated heterocycles. The quantitative estimate of drug-likeness (QED) is 0.826. The molecule has 1 aliphatic heterocycles. The minimum atomic E-state index is -1.02. The molecular weight excluding hydrogens is 348 g/mol. The van der Waals surface area contributed by atoms with Gasteiger partial charge in [0.15, 0.2) is 0 Å². The summed E-state index contributed by atoms with van der Waals surface area (Å²) in [5.74, 6) is -1.27. The van der Waals surface area contributed by atoms with Gasteiger partial charge in [-0.15, -0.1) is 5.10 Å². The Hall–Kier alpha value is -2.74. The number of benzene rings is 1. The largest absolute Gasteiger partial charge is 0.480 e. The lowest BCUT2D eigenvalue weighted by Crippen LogP contribution is -2.46. The molecule has 8 heteroatoms. The van der Waals surface area contributed by atoms with Gasteiger partial charge in [-0.1, -0.05) is 22.9 Å². The second-order valence-corrected chi connectivity index (χ2v) is 6.80. The number of aliphatic carboxylic acids is 1. The van der Waals surface area contributed by atoms with Crippen LogP contribution in [0.15, 0.2) is 24.3 Å². The molecule has 0 unspecified atom stereocenters. The van der Waals surface area contributed by atoms with E-state index in [9.17, 15) is 14.7 Å². The molecule has 0 atom stereocenters. The molecule has 0 aliphatic carbocycles. The minimum Gasteiger partial charge on any atom is -0.480 e. The molecule has 2 aromatic rings. The molecular formula is C19H24N4O4. The molecule has 2 heterocycles. The van der Waals surface area contributed by atoms with Gasteiger partial charge in [0, 0.05) is 19.3 Å². The number of hydrogen-bond acceptors (Lipinski definition) is 5. The summed E-state index contributed by atoms with van der Waals surface area (Å²) >= 11 is 0. The third-order valence-corrected chi connectivity index (χ3v) is 4.84. The predicted molar refractivity (Wildman–Crippen MR) is 97.7 cm³/mol. The van der Waals surface area contributed by atoms with Crippen LogP contribution in [0, 0.1) is 13.8 Å². The number of amides is 1. The van der Waals surface area contributed by atoms with Crippen molar-refractivity contribution in [3.63, 3.8) is 0 Å². The summed E-state index contributed by atoms with van der Waals surface area (Å²) in [5.41, 5.74) is 3.35. The molecule has 1 aliphatic rings. The summed E-state index contributed by atoms with van der Waals surface area (Å²) in [6.07, 6.45) is 1.32. The topological polar surface area (TPSA) is 97.6 Å². The number of hydrogen-bond donors (Lipinski definition) is 1. The summed E-state index contributed by atoms with van der Waals surface area (Å²) in [6.45, 7) is 4.63. The highest BCUT2D eigenvalue weighted by molar-refractivity contribution is 5.83. The summed E-state index contributed by atoms with van der Waals surface area (Å²) < 4.78 is 7.01. The second kappa shape index (κ2) is 8.30. The van der Waals surface area contributed by atoms with Crippen LogP contribution in [0.4, 0.5) is 0 Å². The number of aromatic nitrogens is 3. The van der Waals surface area contributed by atoms with Gasteiger partial charge in [-0.05, 0) is 38.8 Å². The molecule has 1 amide bonds. The number of nitrogens with zero attached hydrogens (tertiary/aromatic N) is 4. The fraction of sp³-hybridized carbons (Fsp3) is 0.474. The molecule has 1 N–H and O–H groups in total. The maximum atomic E-state index is 12.8. The van der Waals surface area contributed by atoms with Crippen molar-refractivity contribution in [1.29, 1.82) is 0 Å². The average molecular weight is 372 g/mol. The number of carbonyl (C=O) groups is 2. The Balaban J connectivity index is 1.77. The molecule has 0 spiro atoms. The smallest absolute Gasteiger partial charge is 0.323 e. The predicted octanol–water partition coefficient (Wildman–Crippen LogP) is 1.52. The Morgan fingerprint density at radius 2 is 1.89 bits per heavy atom. The molecule has 3 rings (SSSR count). The van der Waals surface area contributed by atoms with Gasteiger partial charge in [-0.2, -0.15) is 0 Å². The van der Waals surface area contributed by atoms with Crippen molar-refractivity contribution in [1.82, 2.24) is 19.9 Å². The van der Waals surface area contributed by atoms with Gasteiger partial charge in [-0.3, -0.25) is 9.59 Å². The maximum Gasteiger partial charge on any atom is 0.323 e. The standard InChI is InChI=1S/C19H24N4O4/c1-13-3-5-16(6-4-13)23-14(2)17(20-21-23)11-18(24)22(12-19(25)26)15-7-9-27-10-8-15/h3-6,15H,7-12H2,1-2H3,(H,25,26). The molecule has 0 bridgehead atoms. The van der Waals surface area contributed by atoms with Crippen LogP contribution in [0.2, 0.25) is 0 Å². The van der Waals surface area contributed by atoms with Crippen LogP contribution in [-0.2, 0) is 20.7 Å². The zero-order chi connectivity index (χ0) is 19.4. The van der Waals surface area contributed by atoms with Gasteiger partial charge >= 0.3 is 5.97 Å². The normalized spacial score (nSPS) is 14.9. The van der Waals surface area contributed by atoms with Gasteiger partial charge < -0.3 is 14.7 Å².